The van der Waals surface area contributed by atoms with Gasteiger partial charge in [0.15, 0.2) is 0 Å². The molecule has 1 aromatic rings. The summed E-state index contributed by atoms with van der Waals surface area (Å²) in [4.78, 5) is 12.2. The van der Waals surface area contributed by atoms with Crippen LogP contribution >= 0.6 is 27.5 Å². The van der Waals surface area contributed by atoms with E-state index >= 15 is 0 Å². The SMILES string of the molecule is CCOC(=O)C(NC1CCCC1)c1cc(Cl)ccc1Br. The minimum Gasteiger partial charge on any atom is -0.465 e. The summed E-state index contributed by atoms with van der Waals surface area (Å²) in [7, 11) is 0. The molecule has 1 atom stereocenters. The van der Waals surface area contributed by atoms with Crippen molar-refractivity contribution in [2.24, 2.45) is 0 Å². The Morgan fingerprint density at radius 2 is 2.20 bits per heavy atom. The van der Waals surface area contributed by atoms with Gasteiger partial charge in [0.05, 0.1) is 6.61 Å². The van der Waals surface area contributed by atoms with Crippen LogP contribution in [0, 0.1) is 0 Å². The molecule has 0 heterocycles. The molecule has 1 saturated carbocycles. The highest BCUT2D eigenvalue weighted by atomic mass is 79.9. The van der Waals surface area contributed by atoms with Gasteiger partial charge >= 0.3 is 5.97 Å². The third kappa shape index (κ3) is 3.96. The van der Waals surface area contributed by atoms with Gasteiger partial charge in [0.1, 0.15) is 6.04 Å². The van der Waals surface area contributed by atoms with Crippen molar-refractivity contribution >= 4 is 33.5 Å². The predicted octanol–water partition coefficient (Wildman–Crippen LogP) is 4.24. The van der Waals surface area contributed by atoms with Gasteiger partial charge in [-0.15, -0.1) is 0 Å². The zero-order valence-corrected chi connectivity index (χ0v) is 13.8. The molecule has 20 heavy (non-hydrogen) atoms. The molecule has 1 aliphatic carbocycles. The minimum atomic E-state index is -0.467. The van der Waals surface area contributed by atoms with Crippen LogP contribution in [-0.2, 0) is 9.53 Å². The highest BCUT2D eigenvalue weighted by Gasteiger charge is 2.28. The van der Waals surface area contributed by atoms with Gasteiger partial charge in [0, 0.05) is 15.5 Å². The molecular formula is C15H19BrClNO2. The van der Waals surface area contributed by atoms with Crippen molar-refractivity contribution in [2.45, 2.75) is 44.7 Å². The van der Waals surface area contributed by atoms with E-state index in [2.05, 4.69) is 21.2 Å². The summed E-state index contributed by atoms with van der Waals surface area (Å²) in [5, 5.41) is 4.04. The molecule has 3 nitrogen and oxygen atoms in total. The Kier molecular flexibility index (Phi) is 5.87. The van der Waals surface area contributed by atoms with Gasteiger partial charge in [-0.25, -0.2) is 4.79 Å². The molecule has 0 radical (unpaired) electrons. The molecule has 0 spiro atoms. The van der Waals surface area contributed by atoms with Crippen LogP contribution in [0.5, 0.6) is 0 Å². The van der Waals surface area contributed by atoms with Crippen LogP contribution in [0.25, 0.3) is 0 Å². The minimum absolute atomic E-state index is 0.248. The lowest BCUT2D eigenvalue weighted by Gasteiger charge is -2.23. The maximum absolute atomic E-state index is 12.2. The van der Waals surface area contributed by atoms with Crippen LogP contribution in [0.2, 0.25) is 5.02 Å². The second kappa shape index (κ2) is 7.43. The first-order chi connectivity index (χ1) is 9.61. The van der Waals surface area contributed by atoms with Crippen molar-refractivity contribution in [3.63, 3.8) is 0 Å². The fourth-order valence-electron chi connectivity index (χ4n) is 2.57. The van der Waals surface area contributed by atoms with Gasteiger partial charge in [-0.3, -0.25) is 5.32 Å². The van der Waals surface area contributed by atoms with Gasteiger partial charge < -0.3 is 4.74 Å². The van der Waals surface area contributed by atoms with Crippen LogP contribution in [-0.4, -0.2) is 18.6 Å². The van der Waals surface area contributed by atoms with E-state index in [1.165, 1.54) is 12.8 Å². The van der Waals surface area contributed by atoms with Gasteiger partial charge in [-0.05, 0) is 43.5 Å². The highest BCUT2D eigenvalue weighted by molar-refractivity contribution is 9.10. The molecule has 0 aliphatic heterocycles. The normalized spacial score (nSPS) is 17.1. The molecule has 0 aromatic heterocycles. The molecule has 5 heteroatoms. The molecule has 1 aliphatic rings. The average Bonchev–Trinajstić information content (AvgIpc) is 2.92. The van der Waals surface area contributed by atoms with Gasteiger partial charge in [0.25, 0.3) is 0 Å². The average molecular weight is 361 g/mol. The van der Waals surface area contributed by atoms with Gasteiger partial charge in [0.2, 0.25) is 0 Å². The Morgan fingerprint density at radius 1 is 1.50 bits per heavy atom. The lowest BCUT2D eigenvalue weighted by atomic mass is 10.1. The predicted molar refractivity (Wildman–Crippen MR) is 83.9 cm³/mol. The number of benzene rings is 1. The molecule has 110 valence electrons. The standard InChI is InChI=1S/C15H19BrClNO2/c1-2-20-15(19)14(18-11-5-3-4-6-11)12-9-10(17)7-8-13(12)16/h7-9,11,14,18H,2-6H2,1H3. The van der Waals surface area contributed by atoms with Crippen LogP contribution < -0.4 is 5.32 Å². The number of carbonyl (C=O) groups is 1. The van der Waals surface area contributed by atoms with E-state index in [0.717, 1.165) is 22.9 Å². The van der Waals surface area contributed by atoms with E-state index in [4.69, 9.17) is 16.3 Å². The molecule has 1 N–H and O–H groups in total. The summed E-state index contributed by atoms with van der Waals surface area (Å²) in [6, 6.07) is 5.38. The number of carbonyl (C=O) groups excluding carboxylic acids is 1. The zero-order chi connectivity index (χ0) is 14.5. The van der Waals surface area contributed by atoms with Crippen LogP contribution in [0.1, 0.15) is 44.2 Å². The smallest absolute Gasteiger partial charge is 0.327 e. The van der Waals surface area contributed by atoms with E-state index in [1.807, 2.05) is 19.1 Å². The molecule has 1 aromatic carbocycles. The first-order valence-electron chi connectivity index (χ1n) is 6.99. The quantitative estimate of drug-likeness (QED) is 0.798. The van der Waals surface area contributed by atoms with E-state index < -0.39 is 6.04 Å². The van der Waals surface area contributed by atoms with E-state index in [1.54, 1.807) is 6.07 Å². The lowest BCUT2D eigenvalue weighted by Crippen LogP contribution is -2.36. The summed E-state index contributed by atoms with van der Waals surface area (Å²) >= 11 is 9.55. The molecule has 0 saturated heterocycles. The van der Waals surface area contributed by atoms with E-state index in [0.29, 0.717) is 17.7 Å². The van der Waals surface area contributed by atoms with Crippen LogP contribution in [0.3, 0.4) is 0 Å². The number of ether oxygens (including phenoxy) is 1. The van der Waals surface area contributed by atoms with Crippen molar-refractivity contribution in [1.29, 1.82) is 0 Å². The topological polar surface area (TPSA) is 38.3 Å². The lowest BCUT2D eigenvalue weighted by molar-refractivity contribution is -0.146. The second-order valence-electron chi connectivity index (χ2n) is 5.00. The Hall–Kier alpha value is -0.580. The molecule has 1 unspecified atom stereocenters. The molecular weight excluding hydrogens is 342 g/mol. The highest BCUT2D eigenvalue weighted by Crippen LogP contribution is 2.30. The Bertz CT molecular complexity index is 475. The summed E-state index contributed by atoms with van der Waals surface area (Å²) in [5.74, 6) is -0.248. The number of halogens is 2. The summed E-state index contributed by atoms with van der Waals surface area (Å²) < 4.78 is 6.06. The first-order valence-corrected chi connectivity index (χ1v) is 8.16. The van der Waals surface area contributed by atoms with Gasteiger partial charge in [-0.1, -0.05) is 40.4 Å². The second-order valence-corrected chi connectivity index (χ2v) is 6.29. The van der Waals surface area contributed by atoms with Crippen LogP contribution in [0.15, 0.2) is 22.7 Å². The monoisotopic (exact) mass is 359 g/mol. The fraction of sp³-hybridized carbons (Fsp3) is 0.533. The fourth-order valence-corrected chi connectivity index (χ4v) is 3.23. The van der Waals surface area contributed by atoms with Crippen molar-refractivity contribution in [1.82, 2.24) is 5.32 Å². The number of nitrogens with one attached hydrogen (secondary N) is 1. The zero-order valence-electron chi connectivity index (χ0n) is 11.5. The summed E-state index contributed by atoms with van der Waals surface area (Å²) in [6.07, 6.45) is 4.63. The Labute approximate surface area is 133 Å². The third-order valence-electron chi connectivity index (χ3n) is 3.55. The number of hydrogen-bond donors (Lipinski definition) is 1. The van der Waals surface area contributed by atoms with E-state index in [-0.39, 0.29) is 5.97 Å². The summed E-state index contributed by atoms with van der Waals surface area (Å²) in [5.41, 5.74) is 0.836. The Morgan fingerprint density at radius 3 is 2.85 bits per heavy atom. The van der Waals surface area contributed by atoms with E-state index in [9.17, 15) is 4.79 Å². The third-order valence-corrected chi connectivity index (χ3v) is 4.51. The molecule has 2 rings (SSSR count). The number of rotatable bonds is 5. The number of hydrogen-bond acceptors (Lipinski definition) is 3. The largest absolute Gasteiger partial charge is 0.465 e. The molecule has 0 bridgehead atoms. The maximum Gasteiger partial charge on any atom is 0.327 e. The van der Waals surface area contributed by atoms with Crippen LogP contribution in [0.4, 0.5) is 0 Å². The molecule has 1 fully saturated rings. The van der Waals surface area contributed by atoms with Crippen molar-refractivity contribution in [3.05, 3.63) is 33.3 Å². The maximum atomic E-state index is 12.2. The van der Waals surface area contributed by atoms with Crippen molar-refractivity contribution in [2.75, 3.05) is 6.61 Å². The van der Waals surface area contributed by atoms with Crippen molar-refractivity contribution in [3.8, 4) is 0 Å². The van der Waals surface area contributed by atoms with Crippen molar-refractivity contribution < 1.29 is 9.53 Å². The summed E-state index contributed by atoms with van der Waals surface area (Å²) in [6.45, 7) is 2.19. The van der Waals surface area contributed by atoms with Gasteiger partial charge in [-0.2, -0.15) is 0 Å². The number of esters is 1. The molecule has 0 amide bonds. The Balaban J connectivity index is 2.24. The first kappa shape index (κ1) is 15.8.